The molecule has 0 heterocycles. The van der Waals surface area contributed by atoms with Crippen molar-refractivity contribution in [3.8, 4) is 5.75 Å². The summed E-state index contributed by atoms with van der Waals surface area (Å²) in [7, 11) is -3.33. The number of ether oxygens (including phenoxy) is 1. The Labute approximate surface area is 226 Å². The number of sulfone groups is 1. The molecule has 5 nitrogen and oxygen atoms in total. The Balaban J connectivity index is 1.51. The number of hydrogen-bond acceptors (Lipinski definition) is 5. The van der Waals surface area contributed by atoms with E-state index in [1.165, 1.54) is 17.9 Å². The first-order chi connectivity index (χ1) is 17.8. The van der Waals surface area contributed by atoms with Gasteiger partial charge in [0.15, 0.2) is 9.84 Å². The van der Waals surface area contributed by atoms with Crippen LogP contribution in [-0.2, 0) is 33.4 Å². The largest absolute Gasteiger partial charge is 0.489 e. The van der Waals surface area contributed by atoms with Gasteiger partial charge in [-0.1, -0.05) is 72.3 Å². The SMILES string of the molecule is CS(=O)(=O)c1cccc(OCc2ccc(NC(=O)Cc3ccccc3Cl)cc2SCc2ccccc2)c1. The summed E-state index contributed by atoms with van der Waals surface area (Å²) in [4.78, 5) is 13.8. The summed E-state index contributed by atoms with van der Waals surface area (Å²) in [6, 6.07) is 29.5. The van der Waals surface area contributed by atoms with E-state index in [0.29, 0.717) is 16.5 Å². The van der Waals surface area contributed by atoms with Gasteiger partial charge in [0.2, 0.25) is 5.91 Å². The maximum Gasteiger partial charge on any atom is 0.228 e. The Hall–Kier alpha value is -3.26. The molecule has 0 saturated heterocycles. The Morgan fingerprint density at radius 1 is 0.892 bits per heavy atom. The molecule has 0 atom stereocenters. The summed E-state index contributed by atoms with van der Waals surface area (Å²) in [5.74, 6) is 1.06. The number of anilines is 1. The van der Waals surface area contributed by atoms with Crippen molar-refractivity contribution in [3.05, 3.63) is 119 Å². The monoisotopic (exact) mass is 551 g/mol. The second kappa shape index (κ2) is 12.3. The predicted molar refractivity (Wildman–Crippen MR) is 150 cm³/mol. The first kappa shape index (κ1) is 26.8. The van der Waals surface area contributed by atoms with Gasteiger partial charge in [-0.2, -0.15) is 0 Å². The maximum atomic E-state index is 12.7. The van der Waals surface area contributed by atoms with E-state index in [4.69, 9.17) is 16.3 Å². The molecule has 0 saturated carbocycles. The van der Waals surface area contributed by atoms with Crippen LogP contribution in [0.3, 0.4) is 0 Å². The number of benzene rings is 4. The topological polar surface area (TPSA) is 72.5 Å². The third-order valence-corrected chi connectivity index (χ3v) is 8.17. The summed E-state index contributed by atoms with van der Waals surface area (Å²) in [6.07, 6.45) is 1.34. The average molecular weight is 552 g/mol. The molecule has 0 bridgehead atoms. The highest BCUT2D eigenvalue weighted by molar-refractivity contribution is 7.98. The molecule has 0 radical (unpaired) electrons. The van der Waals surface area contributed by atoms with E-state index < -0.39 is 9.84 Å². The summed E-state index contributed by atoms with van der Waals surface area (Å²) >= 11 is 7.85. The van der Waals surface area contributed by atoms with E-state index in [1.807, 2.05) is 54.6 Å². The van der Waals surface area contributed by atoms with Crippen LogP contribution in [0.2, 0.25) is 5.02 Å². The molecular weight excluding hydrogens is 526 g/mol. The summed E-state index contributed by atoms with van der Waals surface area (Å²) in [5, 5.41) is 3.52. The lowest BCUT2D eigenvalue weighted by Gasteiger charge is -2.14. The van der Waals surface area contributed by atoms with Crippen LogP contribution >= 0.6 is 23.4 Å². The van der Waals surface area contributed by atoms with E-state index in [-0.39, 0.29) is 23.8 Å². The first-order valence-electron chi connectivity index (χ1n) is 11.5. The highest BCUT2D eigenvalue weighted by Gasteiger charge is 2.12. The van der Waals surface area contributed by atoms with Crippen molar-refractivity contribution in [3.63, 3.8) is 0 Å². The molecule has 37 heavy (non-hydrogen) atoms. The van der Waals surface area contributed by atoms with Gasteiger partial charge in [-0.15, -0.1) is 11.8 Å². The van der Waals surface area contributed by atoms with Crippen molar-refractivity contribution in [1.29, 1.82) is 0 Å². The Bertz CT molecular complexity index is 1490. The minimum atomic E-state index is -3.33. The van der Waals surface area contributed by atoms with Crippen LogP contribution in [0.5, 0.6) is 5.75 Å². The number of nitrogens with one attached hydrogen (secondary N) is 1. The third kappa shape index (κ3) is 7.86. The van der Waals surface area contributed by atoms with Gasteiger partial charge in [0.05, 0.1) is 11.3 Å². The molecule has 4 rings (SSSR count). The lowest BCUT2D eigenvalue weighted by Crippen LogP contribution is -2.14. The number of carbonyl (C=O) groups is 1. The normalized spacial score (nSPS) is 11.2. The maximum absolute atomic E-state index is 12.7. The summed E-state index contributed by atoms with van der Waals surface area (Å²) in [5.41, 5.74) is 3.54. The van der Waals surface area contributed by atoms with E-state index in [0.717, 1.165) is 21.8 Å². The fraction of sp³-hybridized carbons (Fsp3) is 0.138. The molecular formula is C29H26ClNO4S2. The van der Waals surface area contributed by atoms with E-state index in [9.17, 15) is 13.2 Å². The minimum absolute atomic E-state index is 0.159. The zero-order valence-electron chi connectivity index (χ0n) is 20.2. The van der Waals surface area contributed by atoms with Crippen LogP contribution in [0, 0.1) is 0 Å². The summed E-state index contributed by atoms with van der Waals surface area (Å²) < 4.78 is 29.7. The van der Waals surface area contributed by atoms with Gasteiger partial charge in [-0.3, -0.25) is 4.79 Å². The van der Waals surface area contributed by atoms with Crippen LogP contribution in [0.15, 0.2) is 107 Å². The number of amides is 1. The molecule has 1 amide bonds. The van der Waals surface area contributed by atoms with Gasteiger partial charge in [0, 0.05) is 33.2 Å². The summed E-state index contributed by atoms with van der Waals surface area (Å²) in [6.45, 7) is 0.248. The number of carbonyl (C=O) groups excluding carboxylic acids is 1. The Kier molecular flexibility index (Phi) is 8.92. The van der Waals surface area contributed by atoms with Crippen molar-refractivity contribution >= 4 is 44.8 Å². The zero-order chi connectivity index (χ0) is 26.3. The number of hydrogen-bond donors (Lipinski definition) is 1. The smallest absolute Gasteiger partial charge is 0.228 e. The lowest BCUT2D eigenvalue weighted by molar-refractivity contribution is -0.115. The molecule has 0 spiro atoms. The van der Waals surface area contributed by atoms with Crippen molar-refractivity contribution in [2.75, 3.05) is 11.6 Å². The molecule has 0 unspecified atom stereocenters. The molecule has 4 aromatic carbocycles. The van der Waals surface area contributed by atoms with Gasteiger partial charge in [0.25, 0.3) is 0 Å². The molecule has 0 aliphatic carbocycles. The highest BCUT2D eigenvalue weighted by Crippen LogP contribution is 2.31. The molecule has 0 aromatic heterocycles. The van der Waals surface area contributed by atoms with Crippen LogP contribution in [0.4, 0.5) is 5.69 Å². The fourth-order valence-electron chi connectivity index (χ4n) is 3.60. The predicted octanol–water partition coefficient (Wildman–Crippen LogP) is 6.80. The van der Waals surface area contributed by atoms with E-state index >= 15 is 0 Å². The van der Waals surface area contributed by atoms with Gasteiger partial charge in [-0.05, 0) is 47.5 Å². The van der Waals surface area contributed by atoms with Crippen LogP contribution in [-0.4, -0.2) is 20.6 Å². The van der Waals surface area contributed by atoms with Gasteiger partial charge >= 0.3 is 0 Å². The number of thioether (sulfide) groups is 1. The van der Waals surface area contributed by atoms with E-state index in [1.54, 1.807) is 36.0 Å². The first-order valence-corrected chi connectivity index (χ1v) is 14.8. The van der Waals surface area contributed by atoms with Crippen molar-refractivity contribution in [1.82, 2.24) is 0 Å². The quantitative estimate of drug-likeness (QED) is 0.219. The molecule has 8 heteroatoms. The highest BCUT2D eigenvalue weighted by atomic mass is 35.5. The van der Waals surface area contributed by atoms with Crippen molar-refractivity contribution in [2.24, 2.45) is 0 Å². The Morgan fingerprint density at radius 3 is 2.41 bits per heavy atom. The third-order valence-electron chi connectivity index (χ3n) is 5.52. The van der Waals surface area contributed by atoms with Crippen molar-refractivity contribution in [2.45, 2.75) is 28.6 Å². The number of rotatable bonds is 10. The second-order valence-electron chi connectivity index (χ2n) is 8.45. The lowest BCUT2D eigenvalue weighted by atomic mass is 10.1. The van der Waals surface area contributed by atoms with E-state index in [2.05, 4.69) is 17.4 Å². The molecule has 1 N–H and O–H groups in total. The van der Waals surface area contributed by atoms with Crippen LogP contribution < -0.4 is 10.1 Å². The van der Waals surface area contributed by atoms with Gasteiger partial charge in [-0.25, -0.2) is 8.42 Å². The molecule has 4 aromatic rings. The minimum Gasteiger partial charge on any atom is -0.489 e. The fourth-order valence-corrected chi connectivity index (χ4v) is 5.49. The second-order valence-corrected chi connectivity index (χ2v) is 11.9. The van der Waals surface area contributed by atoms with Crippen LogP contribution in [0.25, 0.3) is 0 Å². The molecule has 0 aliphatic heterocycles. The standard InChI is InChI=1S/C29H26ClNO4S2/c1-37(33,34)26-12-7-11-25(18-26)35-19-23-14-15-24(17-28(23)36-20-21-8-3-2-4-9-21)31-29(32)16-22-10-5-6-13-27(22)30/h2-15,17-18H,16,19-20H2,1H3,(H,31,32). The average Bonchev–Trinajstić information content (AvgIpc) is 2.88. The Morgan fingerprint density at radius 2 is 1.65 bits per heavy atom. The van der Waals surface area contributed by atoms with Crippen LogP contribution in [0.1, 0.15) is 16.7 Å². The van der Waals surface area contributed by atoms with Gasteiger partial charge < -0.3 is 10.1 Å². The van der Waals surface area contributed by atoms with Crippen molar-refractivity contribution < 1.29 is 17.9 Å². The molecule has 0 aliphatic rings. The number of halogens is 1. The molecule has 0 fully saturated rings. The zero-order valence-corrected chi connectivity index (χ0v) is 22.6. The molecule has 190 valence electrons. The van der Waals surface area contributed by atoms with Gasteiger partial charge in [0.1, 0.15) is 12.4 Å².